The number of benzene rings is 2. The molecule has 4 bridgehead atoms. The number of amides is 1. The first-order valence-electron chi connectivity index (χ1n) is 14.4. The predicted octanol–water partition coefficient (Wildman–Crippen LogP) is 5.59. The summed E-state index contributed by atoms with van der Waals surface area (Å²) in [7, 11) is 0. The lowest BCUT2D eigenvalue weighted by Crippen LogP contribution is -2.57. The maximum absolute atomic E-state index is 13.2. The largest absolute Gasteiger partial charge is 0.487 e. The van der Waals surface area contributed by atoms with Crippen LogP contribution in [0.2, 0.25) is 0 Å². The Labute approximate surface area is 225 Å². The van der Waals surface area contributed by atoms with E-state index in [2.05, 4.69) is 63.7 Å². The number of nitrogens with one attached hydrogen (secondary N) is 1. The molecule has 0 spiro atoms. The highest BCUT2D eigenvalue weighted by atomic mass is 16.5. The molecule has 2 saturated carbocycles. The van der Waals surface area contributed by atoms with E-state index < -0.39 is 0 Å². The summed E-state index contributed by atoms with van der Waals surface area (Å²) >= 11 is 0. The number of aromatic nitrogens is 1. The van der Waals surface area contributed by atoms with E-state index in [4.69, 9.17) is 4.74 Å². The minimum atomic E-state index is 0.0211. The molecule has 5 fully saturated rings. The first kappa shape index (κ1) is 23.9. The van der Waals surface area contributed by atoms with Gasteiger partial charge >= 0.3 is 0 Å². The van der Waals surface area contributed by atoms with Gasteiger partial charge in [-0.1, -0.05) is 36.8 Å². The van der Waals surface area contributed by atoms with E-state index in [0.717, 1.165) is 29.5 Å². The van der Waals surface area contributed by atoms with Gasteiger partial charge in [0.1, 0.15) is 12.4 Å². The van der Waals surface area contributed by atoms with Gasteiger partial charge in [0.2, 0.25) is 0 Å². The van der Waals surface area contributed by atoms with Crippen molar-refractivity contribution in [2.24, 2.45) is 17.8 Å². The zero-order valence-corrected chi connectivity index (χ0v) is 22.0. The van der Waals surface area contributed by atoms with E-state index in [0.29, 0.717) is 24.5 Å². The summed E-state index contributed by atoms with van der Waals surface area (Å²) in [4.78, 5) is 20.0. The molecule has 0 unspecified atom stereocenters. The van der Waals surface area contributed by atoms with E-state index in [-0.39, 0.29) is 11.3 Å². The molecule has 2 aliphatic carbocycles. The van der Waals surface area contributed by atoms with Crippen LogP contribution in [0.3, 0.4) is 0 Å². The van der Waals surface area contributed by atoms with Crippen LogP contribution in [0.15, 0.2) is 72.9 Å². The number of nitrogens with zero attached hydrogens (tertiary/aromatic N) is 2. The lowest BCUT2D eigenvalue weighted by Gasteiger charge is -2.45. The smallest absolute Gasteiger partial charge is 0.251 e. The lowest BCUT2D eigenvalue weighted by molar-refractivity contribution is 0.0620. The first-order valence-corrected chi connectivity index (χ1v) is 14.4. The van der Waals surface area contributed by atoms with E-state index in [1.165, 1.54) is 62.7 Å². The van der Waals surface area contributed by atoms with Gasteiger partial charge in [0.05, 0.1) is 5.69 Å². The number of carbonyl (C=O) groups is 1. The highest BCUT2D eigenvalue weighted by Crippen LogP contribution is 2.60. The molecule has 38 heavy (non-hydrogen) atoms. The maximum Gasteiger partial charge on any atom is 0.251 e. The molecular formula is C33H37N3O2. The van der Waals surface area contributed by atoms with E-state index in [1.54, 1.807) is 6.20 Å². The Morgan fingerprint density at radius 1 is 0.947 bits per heavy atom. The van der Waals surface area contributed by atoms with Gasteiger partial charge < -0.3 is 15.0 Å². The second-order valence-corrected chi connectivity index (χ2v) is 12.0. The molecule has 1 amide bonds. The molecule has 0 radical (unpaired) electrons. The quantitative estimate of drug-likeness (QED) is 0.453. The zero-order valence-electron chi connectivity index (χ0n) is 22.0. The number of pyridine rings is 1. The summed E-state index contributed by atoms with van der Waals surface area (Å²) in [5.74, 6) is 3.03. The van der Waals surface area contributed by atoms with E-state index in [9.17, 15) is 4.79 Å². The average Bonchev–Trinajstić information content (AvgIpc) is 3.60. The summed E-state index contributed by atoms with van der Waals surface area (Å²) in [6.45, 7) is 3.85. The molecule has 5 heteroatoms. The molecule has 5 aliphatic rings. The summed E-state index contributed by atoms with van der Waals surface area (Å²) in [5.41, 5.74) is 4.46. The second kappa shape index (κ2) is 9.85. The monoisotopic (exact) mass is 507 g/mol. The number of hydrogen-bond donors (Lipinski definition) is 1. The van der Waals surface area contributed by atoms with Crippen molar-refractivity contribution in [1.29, 1.82) is 0 Å². The molecule has 2 aromatic carbocycles. The zero-order chi connectivity index (χ0) is 25.5. The lowest BCUT2D eigenvalue weighted by atomic mass is 9.64. The van der Waals surface area contributed by atoms with Gasteiger partial charge in [-0.2, -0.15) is 0 Å². The topological polar surface area (TPSA) is 54.5 Å². The van der Waals surface area contributed by atoms with Crippen LogP contribution in [0.5, 0.6) is 5.75 Å². The number of ether oxygens (including phenoxy) is 1. The van der Waals surface area contributed by atoms with Gasteiger partial charge in [-0.3, -0.25) is 9.78 Å². The second-order valence-electron chi connectivity index (χ2n) is 12.0. The number of fused-ring (bicyclic) bond motifs is 5. The van der Waals surface area contributed by atoms with Crippen LogP contribution in [-0.4, -0.2) is 41.5 Å². The Hall–Kier alpha value is -3.18. The Bertz CT molecular complexity index is 1270. The maximum atomic E-state index is 13.2. The van der Waals surface area contributed by atoms with Crippen molar-refractivity contribution in [2.45, 2.75) is 56.6 Å². The normalized spacial score (nSPS) is 31.3. The van der Waals surface area contributed by atoms with Crippen LogP contribution in [0.25, 0.3) is 0 Å². The fourth-order valence-electron chi connectivity index (χ4n) is 7.99. The van der Waals surface area contributed by atoms with Gasteiger partial charge in [-0.25, -0.2) is 0 Å². The van der Waals surface area contributed by atoms with E-state index in [1.807, 2.05) is 18.2 Å². The minimum absolute atomic E-state index is 0.0211. The third kappa shape index (κ3) is 4.31. The minimum Gasteiger partial charge on any atom is -0.487 e. The third-order valence-corrected chi connectivity index (χ3v) is 9.97. The molecule has 5 nitrogen and oxygen atoms in total. The predicted molar refractivity (Wildman–Crippen MR) is 148 cm³/mol. The van der Waals surface area contributed by atoms with Gasteiger partial charge in [-0.05, 0) is 110 Å². The van der Waals surface area contributed by atoms with Gasteiger partial charge in [0.25, 0.3) is 5.91 Å². The van der Waals surface area contributed by atoms with Crippen LogP contribution in [-0.2, 0) is 12.0 Å². The van der Waals surface area contributed by atoms with Crippen molar-refractivity contribution in [1.82, 2.24) is 15.2 Å². The standard InChI is InChI=1S/C33H37N3O2/c37-32(35-31-21-36-17-14-24(31)15-18-36)25-5-8-26(9-6-25)33(20-23-4-7-28(33)19-23)27-10-12-30(13-11-27)38-22-29-3-1-2-16-34-29/h1-3,5-6,8-13,16,23-24,28,31H,4,7,14-15,17-22H2,(H,35,37)/t23-,28+,31-,33-/m1/s1. The van der Waals surface area contributed by atoms with Gasteiger partial charge in [-0.15, -0.1) is 0 Å². The Morgan fingerprint density at radius 3 is 2.32 bits per heavy atom. The van der Waals surface area contributed by atoms with Gasteiger partial charge in [0.15, 0.2) is 0 Å². The number of piperidine rings is 3. The molecule has 3 aliphatic heterocycles. The van der Waals surface area contributed by atoms with Crippen molar-refractivity contribution in [3.05, 3.63) is 95.3 Å². The number of rotatable bonds is 7. The number of hydrogen-bond acceptors (Lipinski definition) is 4. The molecule has 3 saturated heterocycles. The summed E-state index contributed by atoms with van der Waals surface area (Å²) in [6.07, 6.45) is 9.34. The van der Waals surface area contributed by atoms with Crippen LogP contribution in [0, 0.1) is 17.8 Å². The average molecular weight is 508 g/mol. The molecular weight excluding hydrogens is 470 g/mol. The molecule has 1 aromatic heterocycles. The van der Waals surface area contributed by atoms with E-state index >= 15 is 0 Å². The van der Waals surface area contributed by atoms with Crippen LogP contribution in [0.1, 0.15) is 65.7 Å². The van der Waals surface area contributed by atoms with Crippen LogP contribution in [0.4, 0.5) is 0 Å². The SMILES string of the molecule is O=C(N[C@@H]1CN2CCC1CC2)c1ccc([C@@]2(c3ccc(OCc4ccccn4)cc3)C[C@@H]3CC[C@H]2C3)cc1. The van der Waals surface area contributed by atoms with Crippen molar-refractivity contribution >= 4 is 5.91 Å². The van der Waals surface area contributed by atoms with Crippen molar-refractivity contribution in [2.75, 3.05) is 19.6 Å². The fourth-order valence-corrected chi connectivity index (χ4v) is 7.99. The summed E-state index contributed by atoms with van der Waals surface area (Å²) in [6, 6.07) is 23.5. The summed E-state index contributed by atoms with van der Waals surface area (Å²) in [5, 5.41) is 3.35. The highest BCUT2D eigenvalue weighted by Gasteiger charge is 2.52. The van der Waals surface area contributed by atoms with Crippen molar-refractivity contribution < 1.29 is 9.53 Å². The number of carbonyl (C=O) groups excluding carboxylic acids is 1. The Morgan fingerprint density at radius 2 is 1.71 bits per heavy atom. The fraction of sp³-hybridized carbons (Fsp3) is 0.455. The van der Waals surface area contributed by atoms with Gasteiger partial charge in [0, 0.05) is 29.8 Å². The Kier molecular flexibility index (Phi) is 6.19. The highest BCUT2D eigenvalue weighted by molar-refractivity contribution is 5.94. The molecule has 4 atom stereocenters. The molecule has 4 heterocycles. The van der Waals surface area contributed by atoms with Crippen LogP contribution >= 0.6 is 0 Å². The molecule has 196 valence electrons. The van der Waals surface area contributed by atoms with Crippen molar-refractivity contribution in [3.63, 3.8) is 0 Å². The third-order valence-electron chi connectivity index (χ3n) is 9.97. The summed E-state index contributed by atoms with van der Waals surface area (Å²) < 4.78 is 6.02. The first-order chi connectivity index (χ1) is 18.7. The Balaban J connectivity index is 1.10. The van der Waals surface area contributed by atoms with Crippen LogP contribution < -0.4 is 10.1 Å². The van der Waals surface area contributed by atoms with Crippen molar-refractivity contribution in [3.8, 4) is 5.75 Å². The molecule has 3 aromatic rings. The molecule has 8 rings (SSSR count). The molecule has 1 N–H and O–H groups in total.